The maximum Gasteiger partial charge on any atom is 0.207 e. The number of ketones is 2. The van der Waals surface area contributed by atoms with Crippen LogP contribution in [0.5, 0.6) is 0 Å². The van der Waals surface area contributed by atoms with Gasteiger partial charge in [-0.2, -0.15) is 5.26 Å². The van der Waals surface area contributed by atoms with Gasteiger partial charge in [0.25, 0.3) is 0 Å². The van der Waals surface area contributed by atoms with Crippen molar-refractivity contribution in [1.29, 1.82) is 5.26 Å². The molecule has 1 unspecified atom stereocenters. The number of fused-ring (bicyclic) bond motifs is 6. The average molecular weight is 383 g/mol. The molecule has 4 aliphatic carbocycles. The molecule has 1 saturated heterocycles. The molecule has 1 heterocycles. The third-order valence-corrected chi connectivity index (χ3v) is 9.26. The fourth-order valence-corrected chi connectivity index (χ4v) is 7.97. The number of Topliss-reactive ketones (excluding diaryl/α,β-unsaturated/α-hetero) is 1. The lowest BCUT2D eigenvalue weighted by molar-refractivity contribution is -0.147. The van der Waals surface area contributed by atoms with E-state index in [1.54, 1.807) is 7.11 Å². The number of nitriles is 1. The van der Waals surface area contributed by atoms with E-state index < -0.39 is 11.2 Å². The van der Waals surface area contributed by atoms with Crippen molar-refractivity contribution in [3.8, 4) is 6.07 Å². The zero-order valence-corrected chi connectivity index (χ0v) is 17.0. The number of allylic oxidation sites excluding steroid dienone is 1. The molecule has 0 radical (unpaired) electrons. The lowest BCUT2D eigenvalue weighted by Gasteiger charge is -2.56. The molecule has 7 atom stereocenters. The Morgan fingerprint density at radius 3 is 2.75 bits per heavy atom. The summed E-state index contributed by atoms with van der Waals surface area (Å²) in [7, 11) is 1.60. The second kappa shape index (κ2) is 5.55. The highest BCUT2D eigenvalue weighted by molar-refractivity contribution is 5.93. The second-order valence-corrected chi connectivity index (χ2v) is 10.2. The molecule has 5 rings (SSSR count). The van der Waals surface area contributed by atoms with Crippen molar-refractivity contribution in [3.05, 3.63) is 11.6 Å². The first-order valence-corrected chi connectivity index (χ1v) is 10.6. The topological polar surface area (TPSA) is 79.7 Å². The maximum atomic E-state index is 13.6. The van der Waals surface area contributed by atoms with E-state index in [4.69, 9.17) is 9.47 Å². The zero-order valence-electron chi connectivity index (χ0n) is 17.0. The number of rotatable bonds is 2. The van der Waals surface area contributed by atoms with E-state index in [1.165, 1.54) is 5.57 Å². The molecule has 0 aromatic heterocycles. The first-order valence-electron chi connectivity index (χ1n) is 10.6. The largest absolute Gasteiger partial charge is 0.380 e. The van der Waals surface area contributed by atoms with Gasteiger partial charge in [0.15, 0.2) is 5.78 Å². The van der Waals surface area contributed by atoms with E-state index in [1.807, 2.05) is 6.08 Å². The van der Waals surface area contributed by atoms with Crippen LogP contribution in [0.1, 0.15) is 58.8 Å². The van der Waals surface area contributed by atoms with Gasteiger partial charge in [0.2, 0.25) is 5.60 Å². The Kier molecular flexibility index (Phi) is 3.67. The van der Waals surface area contributed by atoms with Crippen LogP contribution in [-0.4, -0.2) is 36.5 Å². The van der Waals surface area contributed by atoms with Gasteiger partial charge in [0.05, 0.1) is 6.61 Å². The summed E-state index contributed by atoms with van der Waals surface area (Å²) in [5.41, 5.74) is -0.729. The molecule has 5 aliphatic rings. The van der Waals surface area contributed by atoms with Crippen molar-refractivity contribution in [2.75, 3.05) is 13.7 Å². The number of hydrogen-bond donors (Lipinski definition) is 0. The average Bonchev–Trinajstić information content (AvgIpc) is 3.21. The quantitative estimate of drug-likeness (QED) is 0.683. The van der Waals surface area contributed by atoms with Gasteiger partial charge >= 0.3 is 0 Å². The molecule has 0 aromatic rings. The normalized spacial score (nSPS) is 51.8. The van der Waals surface area contributed by atoms with Crippen molar-refractivity contribution in [3.63, 3.8) is 0 Å². The van der Waals surface area contributed by atoms with E-state index in [0.29, 0.717) is 30.5 Å². The number of ether oxygens (including phenoxy) is 2. The fraction of sp³-hybridized carbons (Fsp3) is 0.783. The fourth-order valence-electron chi connectivity index (χ4n) is 7.97. The van der Waals surface area contributed by atoms with Crippen molar-refractivity contribution in [2.45, 2.75) is 70.0 Å². The summed E-state index contributed by atoms with van der Waals surface area (Å²) >= 11 is 0. The van der Waals surface area contributed by atoms with Gasteiger partial charge in [-0.3, -0.25) is 9.59 Å². The summed E-state index contributed by atoms with van der Waals surface area (Å²) in [5, 5.41) is 9.86. The molecule has 5 heteroatoms. The highest BCUT2D eigenvalue weighted by Crippen LogP contribution is 2.74. The summed E-state index contributed by atoms with van der Waals surface area (Å²) in [5.74, 6) is 1.24. The first kappa shape index (κ1) is 18.5. The van der Waals surface area contributed by atoms with Crippen LogP contribution in [0.2, 0.25) is 0 Å². The predicted molar refractivity (Wildman–Crippen MR) is 101 cm³/mol. The molecule has 150 valence electrons. The van der Waals surface area contributed by atoms with Crippen LogP contribution < -0.4 is 0 Å². The van der Waals surface area contributed by atoms with Gasteiger partial charge in [-0.1, -0.05) is 19.4 Å². The van der Waals surface area contributed by atoms with Crippen molar-refractivity contribution < 1.29 is 19.1 Å². The molecule has 1 aliphatic heterocycles. The third kappa shape index (κ3) is 1.94. The molecule has 4 fully saturated rings. The Morgan fingerprint density at radius 1 is 1.25 bits per heavy atom. The van der Waals surface area contributed by atoms with E-state index in [-0.39, 0.29) is 29.1 Å². The van der Waals surface area contributed by atoms with Gasteiger partial charge < -0.3 is 9.47 Å². The maximum absolute atomic E-state index is 13.6. The summed E-state index contributed by atoms with van der Waals surface area (Å²) in [6.07, 6.45) is 7.37. The molecule has 0 aromatic carbocycles. The van der Waals surface area contributed by atoms with Gasteiger partial charge in [-0.15, -0.1) is 0 Å². The third-order valence-electron chi connectivity index (χ3n) is 9.26. The Hall–Kier alpha value is -1.51. The van der Waals surface area contributed by atoms with Crippen LogP contribution in [0.25, 0.3) is 0 Å². The summed E-state index contributed by atoms with van der Waals surface area (Å²) in [4.78, 5) is 25.6. The SMILES string of the molecule is COCC1(C#N)O[C@@]12CC[C@H]1[C@@H]3CCC4=CC(=O)CC[C@]4(C)[C@H]3C(=O)C[C@@]12C. The Labute approximate surface area is 166 Å². The minimum atomic E-state index is -0.904. The minimum absolute atomic E-state index is 0.00601. The van der Waals surface area contributed by atoms with Crippen LogP contribution in [0.4, 0.5) is 0 Å². The van der Waals surface area contributed by atoms with E-state index in [0.717, 1.165) is 32.1 Å². The van der Waals surface area contributed by atoms with Crippen LogP contribution >= 0.6 is 0 Å². The predicted octanol–water partition coefficient (Wildman–Crippen LogP) is 3.38. The molecule has 0 bridgehead atoms. The number of epoxide rings is 1. The summed E-state index contributed by atoms with van der Waals surface area (Å²) in [6, 6.07) is 2.38. The number of carbonyl (C=O) groups excluding carboxylic acids is 2. The second-order valence-electron chi connectivity index (χ2n) is 10.2. The van der Waals surface area contributed by atoms with E-state index in [2.05, 4.69) is 19.9 Å². The number of methoxy groups -OCH3 is 1. The molecule has 3 saturated carbocycles. The Balaban J connectivity index is 1.53. The van der Waals surface area contributed by atoms with Crippen molar-refractivity contribution in [1.82, 2.24) is 0 Å². The van der Waals surface area contributed by atoms with Crippen molar-refractivity contribution >= 4 is 11.6 Å². The minimum Gasteiger partial charge on any atom is -0.380 e. The molecule has 1 spiro atoms. The van der Waals surface area contributed by atoms with Crippen LogP contribution in [-0.2, 0) is 19.1 Å². The van der Waals surface area contributed by atoms with E-state index in [9.17, 15) is 14.9 Å². The van der Waals surface area contributed by atoms with Crippen LogP contribution in [0, 0.1) is 39.9 Å². The van der Waals surface area contributed by atoms with Gasteiger partial charge in [0, 0.05) is 31.3 Å². The molecule has 5 nitrogen and oxygen atoms in total. The lowest BCUT2D eigenvalue weighted by atomic mass is 9.46. The standard InChI is InChI=1S/C23H29NO4/c1-20-8-6-15(25)10-14(20)4-5-16-17-7-9-23(22(12-24,28-23)13-27-3)21(17,2)11-18(26)19(16)20/h10,16-17,19H,4-9,11,13H2,1-3H3/t16-,17-,19+,20-,21-,22?,23+/m0/s1. The van der Waals surface area contributed by atoms with Gasteiger partial charge in [-0.05, 0) is 55.4 Å². The van der Waals surface area contributed by atoms with Crippen LogP contribution in [0.15, 0.2) is 11.6 Å². The van der Waals surface area contributed by atoms with Crippen molar-refractivity contribution in [2.24, 2.45) is 28.6 Å². The summed E-state index contributed by atoms with van der Waals surface area (Å²) < 4.78 is 11.5. The molecular formula is C23H29NO4. The number of hydrogen-bond acceptors (Lipinski definition) is 5. The number of carbonyl (C=O) groups is 2. The number of nitrogens with zero attached hydrogens (tertiary/aromatic N) is 1. The zero-order chi connectivity index (χ0) is 19.9. The summed E-state index contributed by atoms with van der Waals surface area (Å²) in [6.45, 7) is 4.66. The Morgan fingerprint density at radius 2 is 2.04 bits per heavy atom. The van der Waals surface area contributed by atoms with E-state index >= 15 is 0 Å². The molecule has 28 heavy (non-hydrogen) atoms. The Bertz CT molecular complexity index is 842. The molecular weight excluding hydrogens is 354 g/mol. The molecule has 0 amide bonds. The first-order chi connectivity index (χ1) is 13.3. The van der Waals surface area contributed by atoms with Gasteiger partial charge in [0.1, 0.15) is 17.5 Å². The lowest BCUT2D eigenvalue weighted by Crippen LogP contribution is -2.57. The van der Waals surface area contributed by atoms with Crippen LogP contribution in [0.3, 0.4) is 0 Å². The highest BCUT2D eigenvalue weighted by Gasteiger charge is 2.83. The highest BCUT2D eigenvalue weighted by atomic mass is 16.7. The molecule has 0 N–H and O–H groups in total. The smallest absolute Gasteiger partial charge is 0.207 e. The van der Waals surface area contributed by atoms with Gasteiger partial charge in [-0.25, -0.2) is 0 Å². The monoisotopic (exact) mass is 383 g/mol.